The average Bonchev–Trinajstić information content (AvgIpc) is 2.30. The highest BCUT2D eigenvalue weighted by atomic mass is 19.1. The van der Waals surface area contributed by atoms with E-state index in [1.54, 1.807) is 12.1 Å². The molecule has 1 aromatic carbocycles. The van der Waals surface area contributed by atoms with E-state index in [4.69, 9.17) is 0 Å². The number of ketones is 1. The molecule has 1 saturated carbocycles. The number of benzene rings is 1. The van der Waals surface area contributed by atoms with Crippen LogP contribution >= 0.6 is 0 Å². The molecular formula is C13H15FO. The quantitative estimate of drug-likeness (QED) is 0.724. The lowest BCUT2D eigenvalue weighted by atomic mass is 9.82. The first-order chi connectivity index (χ1) is 7.29. The maximum absolute atomic E-state index is 14.1. The van der Waals surface area contributed by atoms with E-state index in [9.17, 15) is 9.18 Å². The summed E-state index contributed by atoms with van der Waals surface area (Å²) in [5.74, 6) is -0.307. The number of alkyl halides is 1. The van der Waals surface area contributed by atoms with Crippen LogP contribution in [0.1, 0.15) is 37.4 Å². The number of hydrogen-bond acceptors (Lipinski definition) is 1. The van der Waals surface area contributed by atoms with E-state index < -0.39 is 12.1 Å². The van der Waals surface area contributed by atoms with Gasteiger partial charge < -0.3 is 0 Å². The minimum Gasteiger partial charge on any atom is -0.299 e. The van der Waals surface area contributed by atoms with Gasteiger partial charge in [-0.1, -0.05) is 36.8 Å². The normalized spacial score (nSPS) is 23.8. The summed E-state index contributed by atoms with van der Waals surface area (Å²) < 4.78 is 14.1. The Kier molecular flexibility index (Phi) is 3.14. The Balaban J connectivity index is 2.13. The number of hydrogen-bond donors (Lipinski definition) is 0. The van der Waals surface area contributed by atoms with Gasteiger partial charge in [0.25, 0.3) is 0 Å². The molecule has 1 aliphatic carbocycles. The number of rotatable bonds is 2. The zero-order valence-corrected chi connectivity index (χ0v) is 8.66. The standard InChI is InChI=1S/C13H15FO/c14-13(10-6-2-1-3-7-10)11-8-4-5-9-12(11)15/h1-3,6-7,11,13H,4-5,8-9H2/t11-,13-/m1/s1. The van der Waals surface area contributed by atoms with Gasteiger partial charge in [0.1, 0.15) is 12.0 Å². The minimum atomic E-state index is -1.11. The maximum Gasteiger partial charge on any atom is 0.139 e. The molecule has 15 heavy (non-hydrogen) atoms. The van der Waals surface area contributed by atoms with Crippen molar-refractivity contribution in [3.8, 4) is 0 Å². The van der Waals surface area contributed by atoms with Crippen molar-refractivity contribution >= 4 is 5.78 Å². The van der Waals surface area contributed by atoms with Crippen molar-refractivity contribution in [2.75, 3.05) is 0 Å². The Bertz CT molecular complexity index is 334. The minimum absolute atomic E-state index is 0.0950. The van der Waals surface area contributed by atoms with Gasteiger partial charge in [-0.05, 0) is 18.4 Å². The summed E-state index contributed by atoms with van der Waals surface area (Å²) in [6.45, 7) is 0. The van der Waals surface area contributed by atoms with Crippen LogP contribution in [0.5, 0.6) is 0 Å². The van der Waals surface area contributed by atoms with E-state index in [2.05, 4.69) is 0 Å². The van der Waals surface area contributed by atoms with Gasteiger partial charge in [-0.3, -0.25) is 4.79 Å². The van der Waals surface area contributed by atoms with Gasteiger partial charge in [-0.15, -0.1) is 0 Å². The molecule has 0 aliphatic heterocycles. The molecule has 0 spiro atoms. The molecule has 0 bridgehead atoms. The Morgan fingerprint density at radius 1 is 1.20 bits per heavy atom. The molecule has 0 N–H and O–H groups in total. The first-order valence-corrected chi connectivity index (χ1v) is 5.51. The molecule has 2 atom stereocenters. The van der Waals surface area contributed by atoms with Crippen molar-refractivity contribution in [2.24, 2.45) is 5.92 Å². The van der Waals surface area contributed by atoms with Crippen molar-refractivity contribution in [1.82, 2.24) is 0 Å². The molecule has 0 saturated heterocycles. The van der Waals surface area contributed by atoms with Crippen molar-refractivity contribution in [1.29, 1.82) is 0 Å². The molecule has 1 nitrogen and oxygen atoms in total. The lowest BCUT2D eigenvalue weighted by Gasteiger charge is -2.23. The molecular weight excluding hydrogens is 191 g/mol. The Hall–Kier alpha value is -1.18. The topological polar surface area (TPSA) is 17.1 Å². The summed E-state index contributed by atoms with van der Waals surface area (Å²) in [5.41, 5.74) is 0.637. The Labute approximate surface area is 89.3 Å². The smallest absolute Gasteiger partial charge is 0.139 e. The fraction of sp³-hybridized carbons (Fsp3) is 0.462. The van der Waals surface area contributed by atoms with E-state index in [-0.39, 0.29) is 5.78 Å². The summed E-state index contributed by atoms with van der Waals surface area (Å²) in [4.78, 5) is 11.6. The molecule has 0 aromatic heterocycles. The molecule has 0 amide bonds. The van der Waals surface area contributed by atoms with Crippen molar-refractivity contribution in [2.45, 2.75) is 31.9 Å². The SMILES string of the molecule is O=C1CCCC[C@H]1[C@H](F)c1ccccc1. The molecule has 1 aromatic rings. The van der Waals surface area contributed by atoms with Gasteiger partial charge in [-0.2, -0.15) is 0 Å². The average molecular weight is 206 g/mol. The van der Waals surface area contributed by atoms with Crippen molar-refractivity contribution in [3.05, 3.63) is 35.9 Å². The third-order valence-electron chi connectivity index (χ3n) is 3.07. The van der Waals surface area contributed by atoms with Crippen LogP contribution in [0.25, 0.3) is 0 Å². The fourth-order valence-corrected chi connectivity index (χ4v) is 2.19. The summed E-state index contributed by atoms with van der Waals surface area (Å²) in [6.07, 6.45) is 2.05. The monoisotopic (exact) mass is 206 g/mol. The van der Waals surface area contributed by atoms with Crippen LogP contribution in [0.4, 0.5) is 4.39 Å². The lowest BCUT2D eigenvalue weighted by Crippen LogP contribution is -2.23. The van der Waals surface area contributed by atoms with Gasteiger partial charge >= 0.3 is 0 Å². The Morgan fingerprint density at radius 3 is 2.60 bits per heavy atom. The summed E-state index contributed by atoms with van der Waals surface area (Å²) in [6, 6.07) is 9.00. The van der Waals surface area contributed by atoms with Gasteiger partial charge in [0.2, 0.25) is 0 Å². The third-order valence-corrected chi connectivity index (χ3v) is 3.07. The van der Waals surface area contributed by atoms with Gasteiger partial charge in [0.15, 0.2) is 0 Å². The van der Waals surface area contributed by atoms with E-state index >= 15 is 0 Å². The molecule has 0 radical (unpaired) electrons. The number of halogens is 1. The van der Waals surface area contributed by atoms with E-state index in [1.165, 1.54) is 0 Å². The predicted octanol–water partition coefficient (Wildman–Crippen LogP) is 3.46. The van der Waals surface area contributed by atoms with Crippen LogP contribution in [-0.2, 0) is 4.79 Å². The molecule has 1 fully saturated rings. The van der Waals surface area contributed by atoms with E-state index in [0.29, 0.717) is 18.4 Å². The third kappa shape index (κ3) is 2.25. The Morgan fingerprint density at radius 2 is 1.93 bits per heavy atom. The molecule has 80 valence electrons. The summed E-state index contributed by atoms with van der Waals surface area (Å²) >= 11 is 0. The number of carbonyl (C=O) groups is 1. The van der Waals surface area contributed by atoms with Crippen LogP contribution in [0, 0.1) is 5.92 Å². The van der Waals surface area contributed by atoms with Crippen LogP contribution in [-0.4, -0.2) is 5.78 Å². The summed E-state index contributed by atoms with van der Waals surface area (Å²) in [7, 11) is 0. The second-order valence-corrected chi connectivity index (χ2v) is 4.13. The van der Waals surface area contributed by atoms with Crippen LogP contribution in [0.15, 0.2) is 30.3 Å². The number of carbonyl (C=O) groups excluding carboxylic acids is 1. The van der Waals surface area contributed by atoms with Crippen LogP contribution in [0.2, 0.25) is 0 Å². The molecule has 1 aliphatic rings. The predicted molar refractivity (Wildman–Crippen MR) is 57.3 cm³/mol. The van der Waals surface area contributed by atoms with Gasteiger partial charge in [-0.25, -0.2) is 4.39 Å². The lowest BCUT2D eigenvalue weighted by molar-refractivity contribution is -0.126. The highest BCUT2D eigenvalue weighted by Crippen LogP contribution is 2.34. The fourth-order valence-electron chi connectivity index (χ4n) is 2.19. The van der Waals surface area contributed by atoms with Crippen molar-refractivity contribution < 1.29 is 9.18 Å². The highest BCUT2D eigenvalue weighted by Gasteiger charge is 2.30. The van der Waals surface area contributed by atoms with Gasteiger partial charge in [0.05, 0.1) is 5.92 Å². The second kappa shape index (κ2) is 4.56. The molecule has 2 heteroatoms. The van der Waals surface area contributed by atoms with Crippen molar-refractivity contribution in [3.63, 3.8) is 0 Å². The van der Waals surface area contributed by atoms with E-state index in [0.717, 1.165) is 12.8 Å². The zero-order chi connectivity index (χ0) is 10.7. The maximum atomic E-state index is 14.1. The van der Waals surface area contributed by atoms with Gasteiger partial charge in [0, 0.05) is 6.42 Å². The van der Waals surface area contributed by atoms with Crippen LogP contribution in [0.3, 0.4) is 0 Å². The number of Topliss-reactive ketones (excluding diaryl/α,β-unsaturated/α-hetero) is 1. The van der Waals surface area contributed by atoms with E-state index in [1.807, 2.05) is 18.2 Å². The molecule has 2 rings (SSSR count). The van der Waals surface area contributed by atoms with Crippen LogP contribution < -0.4 is 0 Å². The largest absolute Gasteiger partial charge is 0.299 e. The second-order valence-electron chi connectivity index (χ2n) is 4.13. The molecule has 0 unspecified atom stereocenters. The summed E-state index contributed by atoms with van der Waals surface area (Å²) in [5, 5.41) is 0. The highest BCUT2D eigenvalue weighted by molar-refractivity contribution is 5.82. The molecule has 0 heterocycles. The first kappa shape index (κ1) is 10.3. The first-order valence-electron chi connectivity index (χ1n) is 5.51. The zero-order valence-electron chi connectivity index (χ0n) is 8.66.